The van der Waals surface area contributed by atoms with Gasteiger partial charge in [-0.05, 0) is 51.3 Å². The molecule has 0 unspecified atom stereocenters. The average molecular weight is 263 g/mol. The van der Waals surface area contributed by atoms with Crippen molar-refractivity contribution in [3.8, 4) is 5.75 Å². The molecule has 1 aromatic rings. The second-order valence-corrected chi connectivity index (χ2v) is 6.20. The van der Waals surface area contributed by atoms with E-state index in [4.69, 9.17) is 9.47 Å². The molecule has 3 heteroatoms. The lowest BCUT2D eigenvalue weighted by atomic mass is 10.1. The van der Waals surface area contributed by atoms with Gasteiger partial charge in [0, 0.05) is 18.2 Å². The number of hydrogen-bond donors (Lipinski definition) is 1. The fraction of sp³-hybridized carbons (Fsp3) is 0.625. The molecule has 1 fully saturated rings. The maximum Gasteiger partial charge on any atom is 0.124 e. The van der Waals surface area contributed by atoms with Crippen molar-refractivity contribution in [1.29, 1.82) is 0 Å². The van der Waals surface area contributed by atoms with E-state index in [0.717, 1.165) is 23.9 Å². The Morgan fingerprint density at radius 2 is 2.00 bits per heavy atom. The summed E-state index contributed by atoms with van der Waals surface area (Å²) in [5.74, 6) is 0.902. The third kappa shape index (κ3) is 4.84. The van der Waals surface area contributed by atoms with Crippen LogP contribution in [0.2, 0.25) is 0 Å². The zero-order valence-corrected chi connectivity index (χ0v) is 12.5. The monoisotopic (exact) mass is 263 g/mol. The first-order valence-electron chi connectivity index (χ1n) is 7.01. The molecule has 3 nitrogen and oxygen atoms in total. The molecular weight excluding hydrogens is 238 g/mol. The maximum atomic E-state index is 5.85. The topological polar surface area (TPSA) is 30.5 Å². The second kappa shape index (κ2) is 5.93. The highest BCUT2D eigenvalue weighted by molar-refractivity contribution is 5.37. The minimum atomic E-state index is -0.132. The maximum absolute atomic E-state index is 5.85. The van der Waals surface area contributed by atoms with Gasteiger partial charge in [-0.2, -0.15) is 0 Å². The summed E-state index contributed by atoms with van der Waals surface area (Å²) in [4.78, 5) is 0. The Morgan fingerprint density at radius 3 is 2.58 bits per heavy atom. The molecule has 0 radical (unpaired) electrons. The molecule has 19 heavy (non-hydrogen) atoms. The lowest BCUT2D eigenvalue weighted by Gasteiger charge is -2.21. The fourth-order valence-corrected chi connectivity index (χ4v) is 1.90. The lowest BCUT2D eigenvalue weighted by Crippen LogP contribution is -2.19. The van der Waals surface area contributed by atoms with Gasteiger partial charge in [-0.3, -0.25) is 0 Å². The molecule has 1 aliphatic rings. The van der Waals surface area contributed by atoms with E-state index in [9.17, 15) is 0 Å². The number of hydrogen-bond acceptors (Lipinski definition) is 3. The van der Waals surface area contributed by atoms with Gasteiger partial charge in [0.2, 0.25) is 0 Å². The van der Waals surface area contributed by atoms with Crippen molar-refractivity contribution in [3.05, 3.63) is 29.3 Å². The average Bonchev–Trinajstić information content (AvgIpc) is 3.17. The van der Waals surface area contributed by atoms with Crippen LogP contribution in [0.1, 0.15) is 44.7 Å². The second-order valence-electron chi connectivity index (χ2n) is 6.20. The summed E-state index contributed by atoms with van der Waals surface area (Å²) in [6.45, 7) is 7.72. The van der Waals surface area contributed by atoms with E-state index in [0.29, 0.717) is 6.61 Å². The highest BCUT2D eigenvalue weighted by atomic mass is 16.5. The SMILES string of the molecule is COc1ccc(CNC2CC2)cc1COC(C)(C)C. The summed E-state index contributed by atoms with van der Waals surface area (Å²) in [7, 11) is 1.71. The van der Waals surface area contributed by atoms with Crippen molar-refractivity contribution < 1.29 is 9.47 Å². The predicted octanol–water partition coefficient (Wildman–Crippen LogP) is 3.26. The minimum absolute atomic E-state index is 0.132. The van der Waals surface area contributed by atoms with Gasteiger partial charge < -0.3 is 14.8 Å². The fourth-order valence-electron chi connectivity index (χ4n) is 1.90. The van der Waals surface area contributed by atoms with Crippen LogP contribution in [0.4, 0.5) is 0 Å². The Labute approximate surface area is 116 Å². The molecule has 106 valence electrons. The molecule has 0 aromatic heterocycles. The van der Waals surface area contributed by atoms with Crippen LogP contribution in [0.25, 0.3) is 0 Å². The van der Waals surface area contributed by atoms with E-state index < -0.39 is 0 Å². The van der Waals surface area contributed by atoms with Gasteiger partial charge in [-0.25, -0.2) is 0 Å². The highest BCUT2D eigenvalue weighted by Crippen LogP contribution is 2.24. The number of ether oxygens (including phenoxy) is 2. The Kier molecular flexibility index (Phi) is 4.48. The minimum Gasteiger partial charge on any atom is -0.496 e. The molecule has 0 atom stereocenters. The van der Waals surface area contributed by atoms with Crippen molar-refractivity contribution in [2.45, 2.75) is 58.4 Å². The van der Waals surface area contributed by atoms with E-state index in [1.807, 2.05) is 6.07 Å². The first-order valence-corrected chi connectivity index (χ1v) is 7.01. The quantitative estimate of drug-likeness (QED) is 0.854. The summed E-state index contributed by atoms with van der Waals surface area (Å²) in [6.07, 6.45) is 2.63. The van der Waals surface area contributed by atoms with Crippen LogP contribution in [-0.4, -0.2) is 18.8 Å². The number of nitrogens with one attached hydrogen (secondary N) is 1. The summed E-state index contributed by atoms with van der Waals surface area (Å²) >= 11 is 0. The summed E-state index contributed by atoms with van der Waals surface area (Å²) < 4.78 is 11.3. The number of methoxy groups -OCH3 is 1. The highest BCUT2D eigenvalue weighted by Gasteiger charge is 2.20. The molecule has 0 heterocycles. The molecule has 0 aliphatic heterocycles. The standard InChI is InChI=1S/C16H25NO2/c1-16(2,3)19-11-13-9-12(5-8-15(13)18-4)10-17-14-6-7-14/h5,8-9,14,17H,6-7,10-11H2,1-4H3. The van der Waals surface area contributed by atoms with Gasteiger partial charge in [0.25, 0.3) is 0 Å². The summed E-state index contributed by atoms with van der Waals surface area (Å²) in [6, 6.07) is 7.07. The van der Waals surface area contributed by atoms with E-state index in [1.54, 1.807) is 7.11 Å². The van der Waals surface area contributed by atoms with Gasteiger partial charge in [-0.15, -0.1) is 0 Å². The van der Waals surface area contributed by atoms with Gasteiger partial charge in [-0.1, -0.05) is 6.07 Å². The van der Waals surface area contributed by atoms with Crippen LogP contribution in [-0.2, 0) is 17.9 Å². The molecule has 0 bridgehead atoms. The van der Waals surface area contributed by atoms with Gasteiger partial charge in [0.05, 0.1) is 19.3 Å². The lowest BCUT2D eigenvalue weighted by molar-refractivity contribution is -0.0156. The van der Waals surface area contributed by atoms with Crippen LogP contribution in [0, 0.1) is 0 Å². The smallest absolute Gasteiger partial charge is 0.124 e. The Bertz CT molecular complexity index is 419. The van der Waals surface area contributed by atoms with E-state index in [2.05, 4.69) is 38.2 Å². The van der Waals surface area contributed by atoms with Crippen molar-refractivity contribution in [1.82, 2.24) is 5.32 Å². The molecule has 0 saturated heterocycles. The van der Waals surface area contributed by atoms with E-state index in [-0.39, 0.29) is 5.60 Å². The molecule has 1 aliphatic carbocycles. The van der Waals surface area contributed by atoms with Crippen molar-refractivity contribution in [3.63, 3.8) is 0 Å². The molecule has 0 amide bonds. The van der Waals surface area contributed by atoms with Crippen molar-refractivity contribution in [2.75, 3.05) is 7.11 Å². The third-order valence-electron chi connectivity index (χ3n) is 3.18. The molecular formula is C16H25NO2. The number of rotatable bonds is 6. The molecule has 0 spiro atoms. The molecule has 1 N–H and O–H groups in total. The predicted molar refractivity (Wildman–Crippen MR) is 77.4 cm³/mol. The summed E-state index contributed by atoms with van der Waals surface area (Å²) in [5, 5.41) is 3.53. The van der Waals surface area contributed by atoms with Crippen molar-refractivity contribution >= 4 is 0 Å². The largest absolute Gasteiger partial charge is 0.496 e. The van der Waals surface area contributed by atoms with Gasteiger partial charge in [0.15, 0.2) is 0 Å². The van der Waals surface area contributed by atoms with E-state index >= 15 is 0 Å². The summed E-state index contributed by atoms with van der Waals surface area (Å²) in [5.41, 5.74) is 2.28. The molecule has 1 saturated carbocycles. The van der Waals surface area contributed by atoms with E-state index in [1.165, 1.54) is 18.4 Å². The Morgan fingerprint density at radius 1 is 1.26 bits per heavy atom. The zero-order valence-electron chi connectivity index (χ0n) is 12.5. The Hall–Kier alpha value is -1.06. The van der Waals surface area contributed by atoms with Crippen LogP contribution < -0.4 is 10.1 Å². The van der Waals surface area contributed by atoms with Gasteiger partial charge in [0.1, 0.15) is 5.75 Å². The van der Waals surface area contributed by atoms with Crippen LogP contribution in [0.3, 0.4) is 0 Å². The third-order valence-corrected chi connectivity index (χ3v) is 3.18. The molecule has 2 rings (SSSR count). The first kappa shape index (κ1) is 14.4. The normalized spacial score (nSPS) is 15.6. The zero-order chi connectivity index (χ0) is 13.9. The van der Waals surface area contributed by atoms with Gasteiger partial charge >= 0.3 is 0 Å². The van der Waals surface area contributed by atoms with Crippen LogP contribution >= 0.6 is 0 Å². The number of benzene rings is 1. The van der Waals surface area contributed by atoms with Crippen molar-refractivity contribution in [2.24, 2.45) is 0 Å². The Balaban J connectivity index is 2.01. The molecule has 1 aromatic carbocycles. The first-order chi connectivity index (χ1) is 8.98. The van der Waals surface area contributed by atoms with Crippen LogP contribution in [0.5, 0.6) is 5.75 Å². The van der Waals surface area contributed by atoms with Crippen LogP contribution in [0.15, 0.2) is 18.2 Å².